The number of nitrogens with one attached hydrogen (secondary N) is 1. The molecule has 0 aliphatic carbocycles. The molecule has 19 heavy (non-hydrogen) atoms. The average molecular weight is 273 g/mol. The number of benzene rings is 1. The van der Waals surface area contributed by atoms with Gasteiger partial charge in [0.2, 0.25) is 0 Å². The Balaban J connectivity index is 2.05. The van der Waals surface area contributed by atoms with Crippen molar-refractivity contribution in [3.05, 3.63) is 60.9 Å². The van der Waals surface area contributed by atoms with Crippen LogP contribution in [0, 0.1) is 0 Å². The van der Waals surface area contributed by atoms with Crippen molar-refractivity contribution in [2.45, 2.75) is 0 Å². The molecule has 0 aliphatic heterocycles. The molecule has 0 bridgehead atoms. The molecular weight excluding hydrogens is 262 g/mol. The second-order valence-corrected chi connectivity index (χ2v) is 5.55. The summed E-state index contributed by atoms with van der Waals surface area (Å²) >= 11 is 0. The number of aromatic nitrogens is 2. The van der Waals surface area contributed by atoms with Crippen molar-refractivity contribution in [1.29, 1.82) is 0 Å². The first-order valence-electron chi connectivity index (χ1n) is 5.67. The first-order valence-corrected chi connectivity index (χ1v) is 7.11. The fourth-order valence-corrected chi connectivity index (χ4v) is 2.97. The monoisotopic (exact) mass is 273 g/mol. The van der Waals surface area contributed by atoms with Crippen LogP contribution in [0.1, 0.15) is 0 Å². The zero-order chi connectivity index (χ0) is 13.3. The van der Waals surface area contributed by atoms with Crippen LogP contribution in [0.4, 0.5) is 5.69 Å². The van der Waals surface area contributed by atoms with Gasteiger partial charge in [-0.15, -0.1) is 0 Å². The number of rotatable bonds is 3. The van der Waals surface area contributed by atoms with Crippen LogP contribution in [0.25, 0.3) is 11.0 Å². The maximum absolute atomic E-state index is 12.3. The van der Waals surface area contributed by atoms with Gasteiger partial charge in [0, 0.05) is 17.8 Å². The van der Waals surface area contributed by atoms with Crippen LogP contribution in [0.5, 0.6) is 0 Å². The summed E-state index contributed by atoms with van der Waals surface area (Å²) in [6.07, 6.45) is 3.06. The molecule has 96 valence electrons. The van der Waals surface area contributed by atoms with Crippen LogP contribution in [-0.2, 0) is 10.2 Å². The number of nitrogens with zero attached hydrogens (tertiary/aromatic N) is 2. The summed E-state index contributed by atoms with van der Waals surface area (Å²) in [7, 11) is -3.69. The number of para-hydroxylation sites is 1. The van der Waals surface area contributed by atoms with Gasteiger partial charge in [-0.2, -0.15) is 8.42 Å². The van der Waals surface area contributed by atoms with Crippen molar-refractivity contribution in [3.63, 3.8) is 0 Å². The van der Waals surface area contributed by atoms with E-state index in [2.05, 4.69) is 9.71 Å². The molecule has 1 N–H and O–H groups in total. The van der Waals surface area contributed by atoms with E-state index >= 15 is 0 Å². The van der Waals surface area contributed by atoms with Gasteiger partial charge in [-0.3, -0.25) is 4.72 Å². The Labute approximate surface area is 110 Å². The molecule has 0 saturated carbocycles. The van der Waals surface area contributed by atoms with Gasteiger partial charge >= 0.3 is 10.2 Å². The van der Waals surface area contributed by atoms with Crippen LogP contribution < -0.4 is 4.72 Å². The smallest absolute Gasteiger partial charge is 0.266 e. The lowest BCUT2D eigenvalue weighted by atomic mass is 10.3. The fourth-order valence-electron chi connectivity index (χ4n) is 1.84. The lowest BCUT2D eigenvalue weighted by Crippen LogP contribution is -2.20. The predicted octanol–water partition coefficient (Wildman–Crippen LogP) is 2.24. The van der Waals surface area contributed by atoms with Crippen LogP contribution in [0.15, 0.2) is 60.9 Å². The Morgan fingerprint density at radius 1 is 1.00 bits per heavy atom. The minimum absolute atomic E-state index is 0.408. The van der Waals surface area contributed by atoms with Crippen molar-refractivity contribution < 1.29 is 8.42 Å². The molecule has 0 radical (unpaired) electrons. The lowest BCUT2D eigenvalue weighted by molar-refractivity contribution is 0.594. The third-order valence-electron chi connectivity index (χ3n) is 2.69. The average Bonchev–Trinajstić information content (AvgIpc) is 2.84. The Kier molecular flexibility index (Phi) is 2.72. The van der Waals surface area contributed by atoms with E-state index in [0.29, 0.717) is 11.3 Å². The molecule has 0 fully saturated rings. The van der Waals surface area contributed by atoms with E-state index in [9.17, 15) is 8.42 Å². The summed E-state index contributed by atoms with van der Waals surface area (Å²) in [5.74, 6) is 0. The largest absolute Gasteiger partial charge is 0.329 e. The SMILES string of the molecule is O=S(=O)(Nc1ccccc1)n1ccc2cccnc21. The Hall–Kier alpha value is -2.34. The molecule has 2 aromatic heterocycles. The molecule has 0 atom stereocenters. The number of pyridine rings is 1. The standard InChI is InChI=1S/C13H11N3O2S/c17-19(18,15-12-6-2-1-3-7-12)16-10-8-11-5-4-9-14-13(11)16/h1-10,15H. The van der Waals surface area contributed by atoms with Crippen LogP contribution in [0.2, 0.25) is 0 Å². The number of anilines is 1. The minimum atomic E-state index is -3.69. The second-order valence-electron chi connectivity index (χ2n) is 4.00. The minimum Gasteiger partial charge on any atom is -0.266 e. The number of hydrogen-bond acceptors (Lipinski definition) is 3. The number of fused-ring (bicyclic) bond motifs is 1. The molecule has 0 saturated heterocycles. The van der Waals surface area contributed by atoms with Gasteiger partial charge in [0.05, 0.1) is 5.69 Å². The van der Waals surface area contributed by atoms with E-state index < -0.39 is 10.2 Å². The molecule has 3 aromatic rings. The van der Waals surface area contributed by atoms with Crippen molar-refractivity contribution in [1.82, 2.24) is 8.96 Å². The highest BCUT2D eigenvalue weighted by Crippen LogP contribution is 2.16. The highest BCUT2D eigenvalue weighted by Gasteiger charge is 2.15. The van der Waals surface area contributed by atoms with Gasteiger partial charge in [-0.05, 0) is 30.3 Å². The van der Waals surface area contributed by atoms with Gasteiger partial charge < -0.3 is 0 Å². The summed E-state index contributed by atoms with van der Waals surface area (Å²) in [6, 6.07) is 14.0. The van der Waals surface area contributed by atoms with E-state index in [-0.39, 0.29) is 0 Å². The van der Waals surface area contributed by atoms with Gasteiger partial charge in [0.25, 0.3) is 0 Å². The Morgan fingerprint density at radius 2 is 1.79 bits per heavy atom. The first kappa shape index (κ1) is 11.7. The quantitative estimate of drug-likeness (QED) is 0.796. The molecule has 0 amide bonds. The van der Waals surface area contributed by atoms with Crippen molar-refractivity contribution in [2.24, 2.45) is 0 Å². The Bertz CT molecular complexity index is 810. The molecule has 5 nitrogen and oxygen atoms in total. The van der Waals surface area contributed by atoms with Crippen LogP contribution in [0.3, 0.4) is 0 Å². The highest BCUT2D eigenvalue weighted by molar-refractivity contribution is 7.91. The van der Waals surface area contributed by atoms with Crippen LogP contribution >= 0.6 is 0 Å². The summed E-state index contributed by atoms with van der Waals surface area (Å²) in [5.41, 5.74) is 0.922. The molecule has 0 aliphatic rings. The summed E-state index contributed by atoms with van der Waals surface area (Å²) in [4.78, 5) is 4.09. The maximum atomic E-state index is 12.3. The second kappa shape index (κ2) is 4.40. The number of hydrogen-bond donors (Lipinski definition) is 1. The molecule has 0 unspecified atom stereocenters. The molecule has 6 heteroatoms. The topological polar surface area (TPSA) is 64.0 Å². The molecule has 2 heterocycles. The normalized spacial score (nSPS) is 11.6. The third kappa shape index (κ3) is 2.17. The molecular formula is C13H11N3O2S. The molecule has 3 rings (SSSR count). The highest BCUT2D eigenvalue weighted by atomic mass is 32.2. The van der Waals surface area contributed by atoms with Gasteiger partial charge in [-0.25, -0.2) is 8.96 Å². The summed E-state index contributed by atoms with van der Waals surface area (Å²) in [6.45, 7) is 0. The third-order valence-corrected chi connectivity index (χ3v) is 4.00. The molecule has 1 aromatic carbocycles. The Morgan fingerprint density at radius 3 is 2.58 bits per heavy atom. The van der Waals surface area contributed by atoms with Gasteiger partial charge in [0.15, 0.2) is 5.65 Å². The fraction of sp³-hybridized carbons (Fsp3) is 0. The molecule has 0 spiro atoms. The van der Waals surface area contributed by atoms with Crippen LogP contribution in [-0.4, -0.2) is 17.4 Å². The predicted molar refractivity (Wildman–Crippen MR) is 74.1 cm³/mol. The van der Waals surface area contributed by atoms with Crippen molar-refractivity contribution in [3.8, 4) is 0 Å². The van der Waals surface area contributed by atoms with E-state index in [1.807, 2.05) is 12.1 Å². The summed E-state index contributed by atoms with van der Waals surface area (Å²) < 4.78 is 28.2. The van der Waals surface area contributed by atoms with Gasteiger partial charge in [0.1, 0.15) is 0 Å². The lowest BCUT2D eigenvalue weighted by Gasteiger charge is -2.09. The zero-order valence-electron chi connectivity index (χ0n) is 9.89. The van der Waals surface area contributed by atoms with Crippen molar-refractivity contribution in [2.75, 3.05) is 4.72 Å². The summed E-state index contributed by atoms with van der Waals surface area (Å²) in [5, 5.41) is 0.779. The van der Waals surface area contributed by atoms with E-state index in [4.69, 9.17) is 0 Å². The van der Waals surface area contributed by atoms with Crippen molar-refractivity contribution >= 4 is 26.9 Å². The van der Waals surface area contributed by atoms with E-state index in [1.54, 1.807) is 42.6 Å². The maximum Gasteiger partial charge on any atom is 0.329 e. The van der Waals surface area contributed by atoms with E-state index in [1.165, 1.54) is 6.20 Å². The zero-order valence-corrected chi connectivity index (χ0v) is 10.7. The van der Waals surface area contributed by atoms with E-state index in [0.717, 1.165) is 9.36 Å². The van der Waals surface area contributed by atoms with Gasteiger partial charge in [-0.1, -0.05) is 18.2 Å². The first-order chi connectivity index (χ1) is 9.17.